The second-order valence-corrected chi connectivity index (χ2v) is 4.55. The lowest BCUT2D eigenvalue weighted by molar-refractivity contribution is -0.0508. The van der Waals surface area contributed by atoms with Crippen LogP contribution >= 0.6 is 0 Å². The van der Waals surface area contributed by atoms with Crippen molar-refractivity contribution in [3.05, 3.63) is 18.0 Å². The first-order valence-electron chi connectivity index (χ1n) is 6.72. The van der Waals surface area contributed by atoms with Gasteiger partial charge in [0.1, 0.15) is 0 Å². The molecule has 0 aromatic carbocycles. The van der Waals surface area contributed by atoms with Crippen molar-refractivity contribution in [2.45, 2.75) is 58.2 Å². The van der Waals surface area contributed by atoms with Gasteiger partial charge in [0.05, 0.1) is 17.3 Å². The van der Waals surface area contributed by atoms with E-state index >= 15 is 0 Å². The molecule has 0 saturated carbocycles. The van der Waals surface area contributed by atoms with E-state index in [1.165, 1.54) is 0 Å². The van der Waals surface area contributed by atoms with Crippen LogP contribution in [0.4, 0.5) is 0 Å². The Morgan fingerprint density at radius 2 is 2.11 bits per heavy atom. The third-order valence-corrected chi connectivity index (χ3v) is 3.78. The van der Waals surface area contributed by atoms with E-state index < -0.39 is 0 Å². The maximum Gasteiger partial charge on any atom is 0.0917 e. The number of methoxy groups -OCH3 is 1. The zero-order valence-electron chi connectivity index (χ0n) is 11.9. The van der Waals surface area contributed by atoms with Gasteiger partial charge in [0, 0.05) is 19.9 Å². The predicted octanol–water partition coefficient (Wildman–Crippen LogP) is 2.00. The van der Waals surface area contributed by atoms with Crippen LogP contribution in [0.1, 0.15) is 51.8 Å². The van der Waals surface area contributed by atoms with Crippen LogP contribution in [0.15, 0.2) is 12.3 Å². The number of hydrogen-bond donors (Lipinski definition) is 2. The summed E-state index contributed by atoms with van der Waals surface area (Å²) in [4.78, 5) is 0. The molecule has 0 amide bonds. The van der Waals surface area contributed by atoms with Crippen LogP contribution in [0.25, 0.3) is 0 Å². The Balaban J connectivity index is 3.11. The van der Waals surface area contributed by atoms with Crippen molar-refractivity contribution >= 4 is 0 Å². The van der Waals surface area contributed by atoms with Crippen LogP contribution < -0.4 is 11.3 Å². The summed E-state index contributed by atoms with van der Waals surface area (Å²) in [7, 11) is 1.75. The van der Waals surface area contributed by atoms with Crippen molar-refractivity contribution in [3.8, 4) is 0 Å². The number of hydrazine groups is 1. The molecule has 0 saturated heterocycles. The van der Waals surface area contributed by atoms with Crippen molar-refractivity contribution in [1.82, 2.24) is 15.2 Å². The van der Waals surface area contributed by atoms with E-state index in [2.05, 4.69) is 31.3 Å². The number of nitrogens with one attached hydrogen (secondary N) is 1. The molecule has 1 aromatic heterocycles. The molecule has 0 spiro atoms. The van der Waals surface area contributed by atoms with Crippen molar-refractivity contribution in [2.75, 3.05) is 7.11 Å². The van der Waals surface area contributed by atoms with Gasteiger partial charge in [-0.05, 0) is 25.3 Å². The Labute approximate surface area is 110 Å². The highest BCUT2D eigenvalue weighted by Gasteiger charge is 2.38. The van der Waals surface area contributed by atoms with Gasteiger partial charge in [0.25, 0.3) is 0 Å². The van der Waals surface area contributed by atoms with Gasteiger partial charge in [-0.3, -0.25) is 10.5 Å². The van der Waals surface area contributed by atoms with Crippen molar-refractivity contribution < 1.29 is 4.74 Å². The summed E-state index contributed by atoms with van der Waals surface area (Å²) in [5.41, 5.74) is 3.71. The molecule has 1 rings (SSSR count). The number of rotatable bonds is 8. The number of ether oxygens (including phenoxy) is 1. The number of aryl methyl sites for hydroxylation is 1. The Morgan fingerprint density at radius 1 is 1.44 bits per heavy atom. The van der Waals surface area contributed by atoms with E-state index in [9.17, 15) is 0 Å². The molecule has 1 unspecified atom stereocenters. The van der Waals surface area contributed by atoms with Gasteiger partial charge < -0.3 is 4.74 Å². The zero-order valence-corrected chi connectivity index (χ0v) is 11.9. The van der Waals surface area contributed by atoms with Crippen molar-refractivity contribution in [2.24, 2.45) is 5.84 Å². The lowest BCUT2D eigenvalue weighted by Gasteiger charge is -2.38. The summed E-state index contributed by atoms with van der Waals surface area (Å²) in [6.07, 6.45) is 4.66. The van der Waals surface area contributed by atoms with Gasteiger partial charge in [-0.25, -0.2) is 5.43 Å². The molecular weight excluding hydrogens is 228 g/mol. The van der Waals surface area contributed by atoms with Crippen molar-refractivity contribution in [3.63, 3.8) is 0 Å². The third-order valence-electron chi connectivity index (χ3n) is 3.78. The van der Waals surface area contributed by atoms with Crippen molar-refractivity contribution in [1.29, 1.82) is 0 Å². The maximum absolute atomic E-state index is 5.77. The molecule has 0 fully saturated rings. The highest BCUT2D eigenvalue weighted by molar-refractivity contribution is 5.13. The molecular formula is C13H26N4O. The molecule has 0 aliphatic rings. The molecule has 0 aliphatic heterocycles. The molecule has 18 heavy (non-hydrogen) atoms. The van der Waals surface area contributed by atoms with E-state index in [1.807, 2.05) is 16.9 Å². The van der Waals surface area contributed by atoms with Crippen LogP contribution in [-0.2, 0) is 11.3 Å². The Hall–Kier alpha value is -0.910. The Morgan fingerprint density at radius 3 is 2.56 bits per heavy atom. The Bertz CT molecular complexity index is 338. The quantitative estimate of drug-likeness (QED) is 0.550. The summed E-state index contributed by atoms with van der Waals surface area (Å²) in [5, 5.41) is 4.36. The summed E-state index contributed by atoms with van der Waals surface area (Å²) < 4.78 is 7.77. The molecule has 104 valence electrons. The average Bonchev–Trinajstić information content (AvgIpc) is 2.84. The number of hydrogen-bond acceptors (Lipinski definition) is 4. The van der Waals surface area contributed by atoms with Gasteiger partial charge in [-0.1, -0.05) is 20.8 Å². The second kappa shape index (κ2) is 6.87. The van der Waals surface area contributed by atoms with E-state index in [0.717, 1.165) is 31.5 Å². The second-order valence-electron chi connectivity index (χ2n) is 4.55. The fourth-order valence-electron chi connectivity index (χ4n) is 2.56. The number of aromatic nitrogens is 2. The first-order chi connectivity index (χ1) is 8.68. The monoisotopic (exact) mass is 254 g/mol. The zero-order chi connectivity index (χ0) is 13.6. The lowest BCUT2D eigenvalue weighted by Crippen LogP contribution is -2.48. The van der Waals surface area contributed by atoms with Crippen LogP contribution in [0.3, 0.4) is 0 Å². The molecule has 0 bridgehead atoms. The normalized spacial score (nSPS) is 13.8. The van der Waals surface area contributed by atoms with Crippen LogP contribution in [0.5, 0.6) is 0 Å². The largest absolute Gasteiger partial charge is 0.376 e. The van der Waals surface area contributed by atoms with E-state index in [4.69, 9.17) is 10.6 Å². The van der Waals surface area contributed by atoms with Gasteiger partial charge >= 0.3 is 0 Å². The fourth-order valence-corrected chi connectivity index (χ4v) is 2.56. The number of nitrogens with zero attached hydrogens (tertiary/aromatic N) is 2. The standard InChI is InChI=1S/C13H26N4O/c1-5-10-17-11(8-9-15-17)12(16-14)13(6-2,7-3)18-4/h8-9,12,16H,5-7,10,14H2,1-4H3. The van der Waals surface area contributed by atoms with E-state index in [0.29, 0.717) is 0 Å². The molecule has 0 radical (unpaired) electrons. The summed E-state index contributed by atoms with van der Waals surface area (Å²) in [6, 6.07) is 1.96. The molecule has 5 nitrogen and oxygen atoms in total. The first-order valence-corrected chi connectivity index (χ1v) is 6.72. The smallest absolute Gasteiger partial charge is 0.0917 e. The first kappa shape index (κ1) is 15.1. The van der Waals surface area contributed by atoms with Gasteiger partial charge in [-0.15, -0.1) is 0 Å². The van der Waals surface area contributed by atoms with E-state index in [1.54, 1.807) is 7.11 Å². The minimum absolute atomic E-state index is 0.0495. The molecule has 1 heterocycles. The predicted molar refractivity (Wildman–Crippen MR) is 72.9 cm³/mol. The highest BCUT2D eigenvalue weighted by atomic mass is 16.5. The van der Waals surface area contributed by atoms with Gasteiger partial charge in [-0.2, -0.15) is 5.10 Å². The Kier molecular flexibility index (Phi) is 5.78. The molecule has 5 heteroatoms. The minimum Gasteiger partial charge on any atom is -0.376 e. The van der Waals surface area contributed by atoms with Crippen LogP contribution in [0, 0.1) is 0 Å². The summed E-state index contributed by atoms with van der Waals surface area (Å²) in [6.45, 7) is 7.28. The molecule has 1 atom stereocenters. The van der Waals surface area contributed by atoms with Crippen LogP contribution in [-0.4, -0.2) is 22.5 Å². The van der Waals surface area contributed by atoms with Crippen LogP contribution in [0.2, 0.25) is 0 Å². The molecule has 3 N–H and O–H groups in total. The highest BCUT2D eigenvalue weighted by Crippen LogP contribution is 2.34. The average molecular weight is 254 g/mol. The number of nitrogens with two attached hydrogens (primary N) is 1. The molecule has 0 aliphatic carbocycles. The topological polar surface area (TPSA) is 65.1 Å². The summed E-state index contributed by atoms with van der Waals surface area (Å²) >= 11 is 0. The van der Waals surface area contributed by atoms with Gasteiger partial charge in [0.15, 0.2) is 0 Å². The van der Waals surface area contributed by atoms with Gasteiger partial charge in [0.2, 0.25) is 0 Å². The maximum atomic E-state index is 5.77. The minimum atomic E-state index is -0.291. The van der Waals surface area contributed by atoms with E-state index in [-0.39, 0.29) is 11.6 Å². The fraction of sp³-hybridized carbons (Fsp3) is 0.769. The lowest BCUT2D eigenvalue weighted by atomic mass is 9.86. The third kappa shape index (κ3) is 2.74. The molecule has 1 aromatic rings. The SMILES string of the molecule is CCCn1nccc1C(NN)C(CC)(CC)OC. The summed E-state index contributed by atoms with van der Waals surface area (Å²) in [5.74, 6) is 5.77.